The van der Waals surface area contributed by atoms with E-state index in [4.69, 9.17) is 4.74 Å². The predicted molar refractivity (Wildman–Crippen MR) is 38.5 cm³/mol. The van der Waals surface area contributed by atoms with E-state index in [9.17, 15) is 4.39 Å². The minimum atomic E-state index is -1.38. The fourth-order valence-electron chi connectivity index (χ4n) is 1.61. The Balaban J connectivity index is 2.45. The summed E-state index contributed by atoms with van der Waals surface area (Å²) in [6.45, 7) is 1.53. The maximum absolute atomic E-state index is 13.3. The van der Waals surface area contributed by atoms with E-state index in [0.717, 1.165) is 25.7 Å². The first-order valence-corrected chi connectivity index (χ1v) is 3.91. The van der Waals surface area contributed by atoms with Gasteiger partial charge in [0.1, 0.15) is 0 Å². The van der Waals surface area contributed by atoms with Gasteiger partial charge in [-0.1, -0.05) is 12.8 Å². The van der Waals surface area contributed by atoms with Gasteiger partial charge in [0.05, 0.1) is 0 Å². The maximum atomic E-state index is 13.3. The van der Waals surface area contributed by atoms with Crippen molar-refractivity contribution in [1.29, 1.82) is 0 Å². The van der Waals surface area contributed by atoms with Crippen molar-refractivity contribution in [2.75, 3.05) is 7.11 Å². The second-order valence-corrected chi connectivity index (χ2v) is 3.17. The van der Waals surface area contributed by atoms with Crippen molar-refractivity contribution < 1.29 is 9.13 Å². The number of ether oxygens (including phenoxy) is 1. The largest absolute Gasteiger partial charge is 0.349 e. The standard InChI is InChI=1S/C8H15FO/c1-8(9,10-2)7-5-3-4-6-7/h7H,3-6H2,1-2H3. The van der Waals surface area contributed by atoms with Crippen LogP contribution in [-0.2, 0) is 4.74 Å². The van der Waals surface area contributed by atoms with Crippen LogP contribution in [0.15, 0.2) is 0 Å². The molecule has 0 aromatic rings. The molecule has 10 heavy (non-hydrogen) atoms. The average Bonchev–Trinajstić information content (AvgIpc) is 2.38. The van der Waals surface area contributed by atoms with Gasteiger partial charge in [0.25, 0.3) is 0 Å². The molecule has 0 aliphatic heterocycles. The quantitative estimate of drug-likeness (QED) is 0.581. The third-order valence-electron chi connectivity index (χ3n) is 2.48. The molecule has 0 amide bonds. The summed E-state index contributed by atoms with van der Waals surface area (Å²) in [5.74, 6) is -1.24. The van der Waals surface area contributed by atoms with E-state index in [-0.39, 0.29) is 5.92 Å². The minimum Gasteiger partial charge on any atom is -0.349 e. The Bertz CT molecular complexity index is 106. The highest BCUT2D eigenvalue weighted by Gasteiger charge is 2.35. The molecule has 1 saturated carbocycles. The molecule has 0 radical (unpaired) electrons. The fraction of sp³-hybridized carbons (Fsp3) is 1.00. The summed E-state index contributed by atoms with van der Waals surface area (Å²) >= 11 is 0. The zero-order valence-corrected chi connectivity index (χ0v) is 6.69. The van der Waals surface area contributed by atoms with Crippen LogP contribution in [-0.4, -0.2) is 13.0 Å². The molecule has 1 rings (SSSR count). The summed E-state index contributed by atoms with van der Waals surface area (Å²) in [6, 6.07) is 0. The van der Waals surface area contributed by atoms with Crippen LogP contribution < -0.4 is 0 Å². The van der Waals surface area contributed by atoms with Gasteiger partial charge < -0.3 is 4.74 Å². The van der Waals surface area contributed by atoms with Crippen LogP contribution >= 0.6 is 0 Å². The molecule has 1 atom stereocenters. The molecule has 0 N–H and O–H groups in total. The van der Waals surface area contributed by atoms with E-state index >= 15 is 0 Å². The minimum absolute atomic E-state index is 0.137. The van der Waals surface area contributed by atoms with Gasteiger partial charge in [-0.15, -0.1) is 0 Å². The number of methoxy groups -OCH3 is 1. The van der Waals surface area contributed by atoms with Gasteiger partial charge in [0, 0.05) is 13.0 Å². The van der Waals surface area contributed by atoms with Crippen molar-refractivity contribution in [2.24, 2.45) is 5.92 Å². The Morgan fingerprint density at radius 3 is 2.30 bits per heavy atom. The van der Waals surface area contributed by atoms with Crippen molar-refractivity contribution in [2.45, 2.75) is 38.5 Å². The molecular weight excluding hydrogens is 131 g/mol. The van der Waals surface area contributed by atoms with Crippen LogP contribution in [0.2, 0.25) is 0 Å². The lowest BCUT2D eigenvalue weighted by Gasteiger charge is -2.24. The fourth-order valence-corrected chi connectivity index (χ4v) is 1.61. The van der Waals surface area contributed by atoms with Gasteiger partial charge in [-0.3, -0.25) is 0 Å². The third kappa shape index (κ3) is 1.48. The van der Waals surface area contributed by atoms with Crippen molar-refractivity contribution in [3.05, 3.63) is 0 Å². The van der Waals surface area contributed by atoms with Gasteiger partial charge >= 0.3 is 0 Å². The van der Waals surface area contributed by atoms with E-state index in [1.165, 1.54) is 14.0 Å². The van der Waals surface area contributed by atoms with Crippen LogP contribution in [0.1, 0.15) is 32.6 Å². The third-order valence-corrected chi connectivity index (χ3v) is 2.48. The van der Waals surface area contributed by atoms with E-state index < -0.39 is 5.85 Å². The normalized spacial score (nSPS) is 26.7. The number of rotatable bonds is 2. The van der Waals surface area contributed by atoms with Crippen molar-refractivity contribution in [1.82, 2.24) is 0 Å². The lowest BCUT2D eigenvalue weighted by Crippen LogP contribution is -2.29. The maximum Gasteiger partial charge on any atom is 0.208 e. The van der Waals surface area contributed by atoms with E-state index in [1.54, 1.807) is 0 Å². The predicted octanol–water partition coefficient (Wildman–Crippen LogP) is 2.51. The number of hydrogen-bond donors (Lipinski definition) is 0. The zero-order chi connectivity index (χ0) is 7.61. The van der Waals surface area contributed by atoms with Crippen molar-refractivity contribution in [3.8, 4) is 0 Å². The topological polar surface area (TPSA) is 9.23 Å². The van der Waals surface area contributed by atoms with Crippen LogP contribution in [0, 0.1) is 5.92 Å². The van der Waals surface area contributed by atoms with Gasteiger partial charge in [-0.2, -0.15) is 0 Å². The molecule has 0 spiro atoms. The van der Waals surface area contributed by atoms with Crippen LogP contribution in [0.5, 0.6) is 0 Å². The highest BCUT2D eigenvalue weighted by Crippen LogP contribution is 2.36. The number of hydrogen-bond acceptors (Lipinski definition) is 1. The second-order valence-electron chi connectivity index (χ2n) is 3.17. The molecule has 0 saturated heterocycles. The first kappa shape index (κ1) is 7.99. The summed E-state index contributed by atoms with van der Waals surface area (Å²) in [4.78, 5) is 0. The summed E-state index contributed by atoms with van der Waals surface area (Å²) in [5.41, 5.74) is 0. The average molecular weight is 146 g/mol. The molecule has 60 valence electrons. The Labute approximate surface area is 61.6 Å². The molecule has 1 fully saturated rings. The van der Waals surface area contributed by atoms with Gasteiger partial charge in [0.15, 0.2) is 0 Å². The molecule has 1 unspecified atom stereocenters. The molecule has 0 heterocycles. The smallest absolute Gasteiger partial charge is 0.208 e. The molecular formula is C8H15FO. The van der Waals surface area contributed by atoms with Crippen LogP contribution in [0.3, 0.4) is 0 Å². The summed E-state index contributed by atoms with van der Waals surface area (Å²) in [7, 11) is 1.44. The summed E-state index contributed by atoms with van der Waals surface area (Å²) in [5, 5.41) is 0. The first-order chi connectivity index (χ1) is 4.67. The van der Waals surface area contributed by atoms with E-state index in [2.05, 4.69) is 0 Å². The van der Waals surface area contributed by atoms with Crippen molar-refractivity contribution >= 4 is 0 Å². The van der Waals surface area contributed by atoms with Crippen LogP contribution in [0.4, 0.5) is 4.39 Å². The lowest BCUT2D eigenvalue weighted by atomic mass is 10.0. The Morgan fingerprint density at radius 1 is 1.40 bits per heavy atom. The first-order valence-electron chi connectivity index (χ1n) is 3.91. The highest BCUT2D eigenvalue weighted by molar-refractivity contribution is 4.78. The highest BCUT2D eigenvalue weighted by atomic mass is 19.2. The zero-order valence-electron chi connectivity index (χ0n) is 6.69. The van der Waals surface area contributed by atoms with Gasteiger partial charge in [-0.05, 0) is 19.8 Å². The molecule has 1 nitrogen and oxygen atoms in total. The summed E-state index contributed by atoms with van der Waals surface area (Å²) in [6.07, 6.45) is 4.29. The second kappa shape index (κ2) is 2.87. The lowest BCUT2D eigenvalue weighted by molar-refractivity contribution is -0.145. The van der Waals surface area contributed by atoms with E-state index in [1.807, 2.05) is 0 Å². The van der Waals surface area contributed by atoms with E-state index in [0.29, 0.717) is 0 Å². The SMILES string of the molecule is COC(C)(F)C1CCCC1. The van der Waals surface area contributed by atoms with Crippen molar-refractivity contribution in [3.63, 3.8) is 0 Å². The van der Waals surface area contributed by atoms with Gasteiger partial charge in [-0.25, -0.2) is 4.39 Å². The summed E-state index contributed by atoms with van der Waals surface area (Å²) < 4.78 is 18.1. The number of halogens is 1. The van der Waals surface area contributed by atoms with Crippen LogP contribution in [0.25, 0.3) is 0 Å². The molecule has 2 heteroatoms. The molecule has 1 aliphatic rings. The monoisotopic (exact) mass is 146 g/mol. The Kier molecular flexibility index (Phi) is 2.29. The Hall–Kier alpha value is -0.110. The molecule has 0 aromatic heterocycles. The molecule has 0 aromatic carbocycles. The molecule has 1 aliphatic carbocycles. The Morgan fingerprint density at radius 2 is 1.90 bits per heavy atom. The van der Waals surface area contributed by atoms with Gasteiger partial charge in [0.2, 0.25) is 5.85 Å². The molecule has 0 bridgehead atoms. The number of alkyl halides is 1.